The van der Waals surface area contributed by atoms with Gasteiger partial charge in [-0.15, -0.1) is 0 Å². The number of pyridine rings is 2. The molecule has 0 spiro atoms. The summed E-state index contributed by atoms with van der Waals surface area (Å²) in [5.41, 5.74) is 1.13. The van der Waals surface area contributed by atoms with Crippen molar-refractivity contribution in [3.63, 3.8) is 0 Å². The van der Waals surface area contributed by atoms with Crippen molar-refractivity contribution >= 4 is 34.7 Å². The molecular formula is C31H30ClF3N6O2. The van der Waals surface area contributed by atoms with Crippen LogP contribution in [0.2, 0.25) is 5.02 Å². The van der Waals surface area contributed by atoms with Gasteiger partial charge in [-0.2, -0.15) is 13.2 Å². The first-order valence-corrected chi connectivity index (χ1v) is 13.9. The first-order chi connectivity index (χ1) is 20.5. The van der Waals surface area contributed by atoms with Crippen molar-refractivity contribution < 1.29 is 22.7 Å². The number of benzene rings is 2. The van der Waals surface area contributed by atoms with E-state index in [1.807, 2.05) is 37.2 Å². The number of aromatic nitrogens is 2. The first-order valence-electron chi connectivity index (χ1n) is 13.5. The number of rotatable bonds is 8. The Hall–Kier alpha value is -4.35. The minimum Gasteiger partial charge on any atom is -0.438 e. The van der Waals surface area contributed by atoms with E-state index < -0.39 is 17.6 Å². The molecule has 1 aliphatic heterocycles. The third-order valence-electron chi connectivity index (χ3n) is 7.30. The third kappa shape index (κ3) is 6.84. The Kier molecular flexibility index (Phi) is 8.74. The zero-order valence-electron chi connectivity index (χ0n) is 23.7. The fraction of sp³-hybridized carbons (Fsp3) is 0.258. The van der Waals surface area contributed by atoms with Crippen LogP contribution < -0.4 is 20.3 Å². The Labute approximate surface area is 252 Å². The molecule has 1 fully saturated rings. The second-order valence-electron chi connectivity index (χ2n) is 10.3. The lowest BCUT2D eigenvalue weighted by Gasteiger charge is -2.24. The zero-order chi connectivity index (χ0) is 30.7. The van der Waals surface area contributed by atoms with Crippen molar-refractivity contribution in [1.29, 1.82) is 0 Å². The number of nitrogens with zero attached hydrogens (tertiary/aromatic N) is 4. The van der Waals surface area contributed by atoms with Crippen LogP contribution in [0.3, 0.4) is 0 Å². The van der Waals surface area contributed by atoms with Gasteiger partial charge in [0.2, 0.25) is 5.88 Å². The van der Waals surface area contributed by atoms with Crippen LogP contribution in [-0.4, -0.2) is 61.0 Å². The number of ether oxygens (including phenoxy) is 1. The number of alkyl halides is 3. The van der Waals surface area contributed by atoms with Gasteiger partial charge in [0.1, 0.15) is 11.6 Å². The lowest BCUT2D eigenvalue weighted by atomic mass is 10.1. The summed E-state index contributed by atoms with van der Waals surface area (Å²) in [7, 11) is 5.68. The predicted octanol–water partition coefficient (Wildman–Crippen LogP) is 7.04. The van der Waals surface area contributed by atoms with E-state index in [1.54, 1.807) is 31.6 Å². The fourth-order valence-electron chi connectivity index (χ4n) is 4.94. The van der Waals surface area contributed by atoms with Crippen LogP contribution in [0, 0.1) is 0 Å². The SMILES string of the molecule is CNc1cc(-c2cccnc2Oc2ccc(Cl)c(NC(=O)c3cc(C(F)(F)F)ccc3N3CC[C@@H](N(C)C)C3)c2)ccn1. The average Bonchev–Trinajstić information content (AvgIpc) is 3.49. The highest BCUT2D eigenvalue weighted by Crippen LogP contribution is 2.37. The van der Waals surface area contributed by atoms with Gasteiger partial charge >= 0.3 is 6.18 Å². The Bertz CT molecular complexity index is 1630. The van der Waals surface area contributed by atoms with E-state index in [4.69, 9.17) is 16.3 Å². The van der Waals surface area contributed by atoms with Crippen molar-refractivity contribution in [3.8, 4) is 22.8 Å². The Morgan fingerprint density at radius 1 is 1.07 bits per heavy atom. The summed E-state index contributed by atoms with van der Waals surface area (Å²) in [5, 5.41) is 5.89. The molecule has 2 aromatic heterocycles. The zero-order valence-corrected chi connectivity index (χ0v) is 24.5. The van der Waals surface area contributed by atoms with E-state index in [9.17, 15) is 18.0 Å². The Morgan fingerprint density at radius 2 is 1.88 bits per heavy atom. The molecule has 1 amide bonds. The van der Waals surface area contributed by atoms with Crippen LogP contribution in [-0.2, 0) is 6.18 Å². The van der Waals surface area contributed by atoms with Crippen LogP contribution in [0.5, 0.6) is 11.6 Å². The van der Waals surface area contributed by atoms with Gasteiger partial charge in [-0.1, -0.05) is 11.6 Å². The molecule has 0 aliphatic carbocycles. The largest absolute Gasteiger partial charge is 0.438 e. The van der Waals surface area contributed by atoms with Gasteiger partial charge in [-0.05, 0) is 80.7 Å². The Morgan fingerprint density at radius 3 is 2.60 bits per heavy atom. The summed E-state index contributed by atoms with van der Waals surface area (Å²) in [6.07, 6.45) is -0.532. The maximum atomic E-state index is 13.7. The molecule has 12 heteroatoms. The number of anilines is 3. The molecule has 224 valence electrons. The number of carbonyl (C=O) groups is 1. The monoisotopic (exact) mass is 610 g/mol. The Balaban J connectivity index is 1.44. The molecular weight excluding hydrogens is 581 g/mol. The fourth-order valence-corrected chi connectivity index (χ4v) is 5.11. The van der Waals surface area contributed by atoms with Crippen LogP contribution in [0.4, 0.5) is 30.4 Å². The van der Waals surface area contributed by atoms with Crippen molar-refractivity contribution in [2.24, 2.45) is 0 Å². The maximum Gasteiger partial charge on any atom is 0.416 e. The van der Waals surface area contributed by atoms with Crippen molar-refractivity contribution in [2.45, 2.75) is 18.6 Å². The van der Waals surface area contributed by atoms with Gasteiger partial charge in [-0.25, -0.2) is 9.97 Å². The van der Waals surface area contributed by atoms with Gasteiger partial charge in [0.15, 0.2) is 0 Å². The summed E-state index contributed by atoms with van der Waals surface area (Å²) < 4.78 is 47.1. The maximum absolute atomic E-state index is 13.7. The standard InChI is InChI=1S/C31H30ClF3N6O2/c1-36-28-15-19(10-13-37-28)23-5-4-12-38-30(23)43-22-7-8-25(32)26(17-22)39-29(42)24-16-20(31(33,34)35)6-9-27(24)41-14-11-21(18-41)40(2)3/h4-10,12-13,15-17,21H,11,14,18H2,1-3H3,(H,36,37)(H,39,42)/t21-/m1/s1. The van der Waals surface area contributed by atoms with Gasteiger partial charge in [-0.3, -0.25) is 4.79 Å². The molecule has 5 rings (SSSR count). The van der Waals surface area contributed by atoms with E-state index in [2.05, 4.69) is 25.5 Å². The molecule has 4 aromatic rings. The second kappa shape index (κ2) is 12.5. The quantitative estimate of drug-likeness (QED) is 0.221. The number of hydrogen-bond acceptors (Lipinski definition) is 7. The number of amides is 1. The highest BCUT2D eigenvalue weighted by atomic mass is 35.5. The molecule has 2 N–H and O–H groups in total. The van der Waals surface area contributed by atoms with Crippen molar-refractivity contribution in [2.75, 3.05) is 49.8 Å². The van der Waals surface area contributed by atoms with Gasteiger partial charge in [0, 0.05) is 55.9 Å². The molecule has 0 unspecified atom stereocenters. The summed E-state index contributed by atoms with van der Waals surface area (Å²) in [5.74, 6) is 0.576. The molecule has 0 bridgehead atoms. The van der Waals surface area contributed by atoms with Crippen LogP contribution in [0.15, 0.2) is 73.1 Å². The number of halogens is 4. The highest BCUT2D eigenvalue weighted by molar-refractivity contribution is 6.34. The van der Waals surface area contributed by atoms with E-state index in [0.29, 0.717) is 41.8 Å². The minimum atomic E-state index is -4.61. The molecule has 3 heterocycles. The second-order valence-corrected chi connectivity index (χ2v) is 10.7. The topological polar surface area (TPSA) is 82.6 Å². The normalized spacial score (nSPS) is 15.1. The molecule has 1 atom stereocenters. The smallest absolute Gasteiger partial charge is 0.416 e. The van der Waals surface area contributed by atoms with E-state index in [0.717, 1.165) is 24.1 Å². The first kappa shape index (κ1) is 30.1. The molecule has 8 nitrogen and oxygen atoms in total. The lowest BCUT2D eigenvalue weighted by molar-refractivity contribution is -0.137. The third-order valence-corrected chi connectivity index (χ3v) is 7.63. The summed E-state index contributed by atoms with van der Waals surface area (Å²) in [6.45, 7) is 1.20. The number of hydrogen-bond donors (Lipinski definition) is 2. The number of nitrogens with one attached hydrogen (secondary N) is 2. The molecule has 1 saturated heterocycles. The van der Waals surface area contributed by atoms with Gasteiger partial charge in [0.05, 0.1) is 21.8 Å². The molecule has 0 saturated carbocycles. The van der Waals surface area contributed by atoms with E-state index >= 15 is 0 Å². The van der Waals surface area contributed by atoms with E-state index in [1.165, 1.54) is 18.2 Å². The highest BCUT2D eigenvalue weighted by Gasteiger charge is 2.34. The van der Waals surface area contributed by atoms with Crippen LogP contribution >= 0.6 is 11.6 Å². The molecule has 43 heavy (non-hydrogen) atoms. The molecule has 2 aromatic carbocycles. The molecule has 1 aliphatic rings. The van der Waals surface area contributed by atoms with Crippen LogP contribution in [0.1, 0.15) is 22.3 Å². The predicted molar refractivity (Wildman–Crippen MR) is 162 cm³/mol. The number of carbonyl (C=O) groups excluding carboxylic acids is 1. The summed E-state index contributed by atoms with van der Waals surface area (Å²) >= 11 is 6.42. The van der Waals surface area contributed by atoms with Gasteiger partial charge in [0.25, 0.3) is 5.91 Å². The van der Waals surface area contributed by atoms with E-state index in [-0.39, 0.29) is 22.3 Å². The molecule has 0 radical (unpaired) electrons. The lowest BCUT2D eigenvalue weighted by Crippen LogP contribution is -2.32. The average molecular weight is 611 g/mol. The van der Waals surface area contributed by atoms with Crippen LogP contribution in [0.25, 0.3) is 11.1 Å². The van der Waals surface area contributed by atoms with Crippen molar-refractivity contribution in [3.05, 3.63) is 89.2 Å². The summed E-state index contributed by atoms with van der Waals surface area (Å²) in [6, 6.07) is 15.4. The van der Waals surface area contributed by atoms with Crippen molar-refractivity contribution in [1.82, 2.24) is 14.9 Å². The number of likely N-dealkylation sites (N-methyl/N-ethyl adjacent to an activating group) is 1. The minimum absolute atomic E-state index is 0.0957. The van der Waals surface area contributed by atoms with Gasteiger partial charge < -0.3 is 25.2 Å². The summed E-state index contributed by atoms with van der Waals surface area (Å²) in [4.78, 5) is 26.2.